The summed E-state index contributed by atoms with van der Waals surface area (Å²) in [6.45, 7) is 0. The van der Waals surface area contributed by atoms with Gasteiger partial charge in [0.05, 0.1) is 54.3 Å². The molecule has 0 amide bonds. The lowest BCUT2D eigenvalue weighted by atomic mass is 9.95. The first-order valence-corrected chi connectivity index (χ1v) is 16.0. The molecule has 0 saturated heterocycles. The van der Waals surface area contributed by atoms with E-state index >= 15 is 0 Å². The third kappa shape index (κ3) is 4.65. The van der Waals surface area contributed by atoms with E-state index in [0.29, 0.717) is 11.3 Å². The van der Waals surface area contributed by atoms with Crippen molar-refractivity contribution < 1.29 is 42.8 Å². The molecule has 3 nitrogen and oxygen atoms in total. The fourth-order valence-electron chi connectivity index (χ4n) is 5.82. The van der Waals surface area contributed by atoms with Gasteiger partial charge in [0.15, 0.2) is 5.82 Å². The van der Waals surface area contributed by atoms with Crippen LogP contribution in [0.5, 0.6) is 0 Å². The van der Waals surface area contributed by atoms with Crippen molar-refractivity contribution in [2.24, 2.45) is 0 Å². The van der Waals surface area contributed by atoms with E-state index in [1.807, 2.05) is 0 Å². The number of fused-ring (bicyclic) bond motifs is 8. The third-order valence-corrected chi connectivity index (χ3v) is 9.22. The van der Waals surface area contributed by atoms with Crippen LogP contribution in [0.25, 0.3) is 109 Å². The molecule has 4 heteroatoms. The summed E-state index contributed by atoms with van der Waals surface area (Å²) in [4.78, 5) is 9.48. The average molecular weight is 709 g/mol. The van der Waals surface area contributed by atoms with Crippen molar-refractivity contribution in [3.63, 3.8) is 0 Å². The predicted molar refractivity (Wildman–Crippen MR) is 219 cm³/mol. The first kappa shape index (κ1) is 12.9. The van der Waals surface area contributed by atoms with Crippen LogP contribution in [0.3, 0.4) is 0 Å². The molecule has 0 aliphatic carbocycles. The molecule has 52 heavy (non-hydrogen) atoms. The Labute approximate surface area is 342 Å². The van der Waals surface area contributed by atoms with E-state index < -0.39 is 258 Å². The Hall–Kier alpha value is -6.62. The molecule has 0 spiro atoms. The normalized spacial score (nSPS) is 19.4. The maximum atomic E-state index is 10.1. The van der Waals surface area contributed by atoms with Crippen LogP contribution in [-0.4, -0.2) is 9.97 Å². The molecule has 0 bridgehead atoms. The van der Waals surface area contributed by atoms with Gasteiger partial charge in [0.25, 0.3) is 0 Å². The van der Waals surface area contributed by atoms with Gasteiger partial charge < -0.3 is 4.42 Å². The minimum absolute atomic E-state index is 0.160. The Morgan fingerprint density at radius 3 is 1.94 bits per heavy atom. The summed E-state index contributed by atoms with van der Waals surface area (Å²) in [6.07, 6.45) is 0. The lowest BCUT2D eigenvalue weighted by Gasteiger charge is -2.12. The molecule has 11 aromatic rings. The summed E-state index contributed by atoms with van der Waals surface area (Å²) in [5.41, 5.74) is -6.49. The lowest BCUT2D eigenvalue weighted by Crippen LogP contribution is -1.95. The third-order valence-electron chi connectivity index (χ3n) is 8.12. The smallest absolute Gasteiger partial charge is 0.161 e. The van der Waals surface area contributed by atoms with Crippen LogP contribution in [0.15, 0.2) is 174 Å². The van der Waals surface area contributed by atoms with Gasteiger partial charge in [0.2, 0.25) is 0 Å². The molecule has 0 aliphatic heterocycles. The van der Waals surface area contributed by atoms with Gasteiger partial charge in [-0.1, -0.05) is 127 Å². The quantitative estimate of drug-likeness (QED) is 0.183. The minimum Gasteiger partial charge on any atom is -0.456 e. The number of benzene rings is 8. The summed E-state index contributed by atoms with van der Waals surface area (Å²) in [5.74, 6) is -0.748. The van der Waals surface area contributed by atoms with E-state index in [2.05, 4.69) is 0 Å². The topological polar surface area (TPSA) is 38.9 Å². The highest BCUT2D eigenvalue weighted by atomic mass is 32.1. The number of aromatic nitrogens is 2. The van der Waals surface area contributed by atoms with Crippen LogP contribution < -0.4 is 0 Å². The van der Waals surface area contributed by atoms with E-state index in [4.69, 9.17) is 40.4 Å². The van der Waals surface area contributed by atoms with Crippen molar-refractivity contribution in [2.75, 3.05) is 0 Å². The number of nitrogens with zero attached hydrogens (tertiary/aromatic N) is 2. The van der Waals surface area contributed by atoms with Gasteiger partial charge >= 0.3 is 0 Å². The summed E-state index contributed by atoms with van der Waals surface area (Å²) < 4.78 is 256. The van der Waals surface area contributed by atoms with Crippen molar-refractivity contribution in [3.8, 4) is 44.9 Å². The largest absolute Gasteiger partial charge is 0.456 e. The fraction of sp³-hybridized carbons (Fsp3) is 0. The molecule has 3 heterocycles. The fourth-order valence-corrected chi connectivity index (χ4v) is 6.86. The molecule has 0 radical (unpaired) electrons. The number of thiophene rings is 1. The summed E-state index contributed by atoms with van der Waals surface area (Å²) in [6, 6.07) is -23.4. The molecular formula is C48H28N2OS. The molecule has 3 aromatic heterocycles. The molecule has 0 aliphatic rings. The Morgan fingerprint density at radius 1 is 0.462 bits per heavy atom. The van der Waals surface area contributed by atoms with E-state index in [1.165, 1.54) is 0 Å². The number of rotatable bonds is 4. The van der Waals surface area contributed by atoms with E-state index in [9.17, 15) is 12.3 Å². The van der Waals surface area contributed by atoms with Crippen LogP contribution in [0.1, 0.15) is 38.4 Å². The zero-order chi connectivity index (χ0) is 58.5. The first-order chi connectivity index (χ1) is 37.4. The Bertz CT molecular complexity index is 4790. The highest BCUT2D eigenvalue weighted by Gasteiger charge is 2.21. The van der Waals surface area contributed by atoms with Crippen LogP contribution in [-0.2, 0) is 0 Å². The summed E-state index contributed by atoms with van der Waals surface area (Å²) in [7, 11) is 0. The molecule has 0 fully saturated rings. The van der Waals surface area contributed by atoms with Crippen molar-refractivity contribution in [1.82, 2.24) is 9.97 Å². The highest BCUT2D eigenvalue weighted by molar-refractivity contribution is 7.26. The van der Waals surface area contributed by atoms with Crippen LogP contribution in [0, 0.1) is 0 Å². The van der Waals surface area contributed by atoms with E-state index in [1.54, 1.807) is 0 Å². The average Bonchev–Trinajstić information content (AvgIpc) is 4.21. The standard InChI is InChI=1S/C48H28N2OS/c1-2-10-29(11-3-1)32-19-20-34-25-35(22-21-33(34)24-32)37-27-40(44-38-14-6-8-16-41(38)51-42(44)28-37)48-49-45(36-23-18-30-12-4-5-13-31(30)26-36)47-46(50-48)39-15-7-9-17-43(39)52-47/h1-28H/i1D,2D,3D,4D,5D,6D,7D,8D,9D,10D,11D,12D,13D,14D,15D,16D,17D,18D,19D,20D,21D,22D,23D,24D,25D,26D,27D,28D. The highest BCUT2D eigenvalue weighted by Crippen LogP contribution is 2.44. The van der Waals surface area contributed by atoms with Gasteiger partial charge in [0, 0.05) is 32.0 Å². The maximum Gasteiger partial charge on any atom is 0.161 e. The molecule has 11 rings (SSSR count). The van der Waals surface area contributed by atoms with Crippen LogP contribution in [0.2, 0.25) is 0 Å². The molecule has 0 N–H and O–H groups in total. The molecule has 0 atom stereocenters. The summed E-state index contributed by atoms with van der Waals surface area (Å²) >= 11 is 0.651. The monoisotopic (exact) mass is 708 g/mol. The van der Waals surface area contributed by atoms with Gasteiger partial charge in [-0.2, -0.15) is 0 Å². The molecule has 242 valence electrons. The number of para-hydroxylation sites is 1. The Morgan fingerprint density at radius 2 is 1.10 bits per heavy atom. The second-order valence-corrected chi connectivity index (χ2v) is 12.2. The summed E-state index contributed by atoms with van der Waals surface area (Å²) in [5, 5.41) is -3.72. The zero-order valence-corrected chi connectivity index (χ0v) is 26.5. The molecule has 0 unspecified atom stereocenters. The lowest BCUT2D eigenvalue weighted by molar-refractivity contribution is 0.669. The SMILES string of the molecule is [2H]c1c([2H])c([2H])c(-c2c([2H])c([2H])c3c([2H])c(-c4c([2H])c(-c5nc(-c6c([2H])c([2H])c7c([2H])c([2H])c([2H])c([2H])c7c6[2H])c6sc7c([2H])c([2H])c([2H])c([2H])c7c6n5)c5c(oc6c([2H])c([2H])c([2H])c([2H])c65)c4[2H])c([2H])c([2H])c3c2[2H])c([2H])c1[2H]. The van der Waals surface area contributed by atoms with Crippen molar-refractivity contribution in [3.05, 3.63) is 169 Å². The number of hydrogen-bond donors (Lipinski definition) is 0. The van der Waals surface area contributed by atoms with Gasteiger partial charge in [0.1, 0.15) is 11.2 Å². The number of hydrogen-bond acceptors (Lipinski definition) is 4. The Kier molecular flexibility index (Phi) is 2.83. The second kappa shape index (κ2) is 11.5. The van der Waals surface area contributed by atoms with Gasteiger partial charge in [-0.15, -0.1) is 11.3 Å². The van der Waals surface area contributed by atoms with Gasteiger partial charge in [-0.3, -0.25) is 0 Å². The first-order valence-electron chi connectivity index (χ1n) is 29.2. The van der Waals surface area contributed by atoms with Gasteiger partial charge in [-0.25, -0.2) is 9.97 Å². The van der Waals surface area contributed by atoms with Gasteiger partial charge in [-0.05, 0) is 86.1 Å². The van der Waals surface area contributed by atoms with Crippen molar-refractivity contribution in [1.29, 1.82) is 0 Å². The Balaban J connectivity index is 1.35. The maximum absolute atomic E-state index is 10.1. The predicted octanol–water partition coefficient (Wildman–Crippen LogP) is 13.7. The second-order valence-electron chi connectivity index (χ2n) is 11.1. The molecular weight excluding hydrogens is 653 g/mol. The minimum atomic E-state index is -1.02. The van der Waals surface area contributed by atoms with Crippen molar-refractivity contribution in [2.45, 2.75) is 0 Å². The van der Waals surface area contributed by atoms with Crippen LogP contribution >= 0.6 is 11.3 Å². The zero-order valence-electron chi connectivity index (χ0n) is 53.7. The van der Waals surface area contributed by atoms with E-state index in [-0.39, 0.29) is 20.3 Å². The van der Waals surface area contributed by atoms with Crippen LogP contribution in [0.4, 0.5) is 0 Å². The number of furan rings is 1. The van der Waals surface area contributed by atoms with E-state index in [0.717, 1.165) is 0 Å². The van der Waals surface area contributed by atoms with Crippen molar-refractivity contribution >= 4 is 75.1 Å². The molecule has 8 aromatic carbocycles. The molecule has 0 saturated carbocycles.